The Balaban J connectivity index is 2.15. The third kappa shape index (κ3) is 2.85. The van der Waals surface area contributed by atoms with Crippen LogP contribution in [0.3, 0.4) is 0 Å². The molecule has 19 heavy (non-hydrogen) atoms. The Morgan fingerprint density at radius 1 is 1.37 bits per heavy atom. The molecule has 0 bridgehead atoms. The maximum atomic E-state index is 12.6. The molecule has 0 saturated heterocycles. The van der Waals surface area contributed by atoms with E-state index in [1.165, 1.54) is 0 Å². The molecule has 0 aliphatic carbocycles. The van der Waals surface area contributed by atoms with Gasteiger partial charge in [0.1, 0.15) is 11.4 Å². The molecule has 1 aliphatic heterocycles. The van der Waals surface area contributed by atoms with Crippen molar-refractivity contribution in [3.8, 4) is 6.07 Å². The number of hydrogen-bond donors (Lipinski definition) is 1. The van der Waals surface area contributed by atoms with Gasteiger partial charge in [-0.05, 0) is 6.92 Å². The first-order chi connectivity index (χ1) is 8.73. The zero-order chi connectivity index (χ0) is 14.3. The van der Waals surface area contributed by atoms with Gasteiger partial charge >= 0.3 is 6.18 Å². The summed E-state index contributed by atoms with van der Waals surface area (Å²) in [7, 11) is 0. The first-order valence-corrected chi connectivity index (χ1v) is 5.65. The van der Waals surface area contributed by atoms with E-state index in [2.05, 4.69) is 10.2 Å². The third-order valence-corrected chi connectivity index (χ3v) is 2.89. The number of fused-ring (bicyclic) bond motifs is 1. The highest BCUT2D eigenvalue weighted by molar-refractivity contribution is 5.06. The van der Waals surface area contributed by atoms with Gasteiger partial charge in [-0.25, -0.2) is 0 Å². The zero-order valence-electron chi connectivity index (χ0n) is 10.3. The van der Waals surface area contributed by atoms with Gasteiger partial charge in [0.15, 0.2) is 0 Å². The molecule has 0 fully saturated rings. The van der Waals surface area contributed by atoms with Gasteiger partial charge in [0.05, 0.1) is 12.6 Å². The van der Waals surface area contributed by atoms with Gasteiger partial charge in [0.2, 0.25) is 5.82 Å². The Bertz CT molecular complexity index is 512. The standard InChI is InChI=1S/C10H13F3N6/c1-9(15,5-14)6-18-2-3-19-7(4-18)16-17-8(19)10(11,12)13/h2-4,6,15H2,1H3. The molecule has 1 unspecified atom stereocenters. The van der Waals surface area contributed by atoms with Crippen molar-refractivity contribution < 1.29 is 13.2 Å². The highest BCUT2D eigenvalue weighted by atomic mass is 19.4. The van der Waals surface area contributed by atoms with Crippen LogP contribution in [-0.4, -0.2) is 38.3 Å². The first kappa shape index (κ1) is 13.8. The molecule has 0 radical (unpaired) electrons. The number of hydrogen-bond acceptors (Lipinski definition) is 5. The molecule has 0 saturated carbocycles. The number of nitriles is 1. The maximum Gasteiger partial charge on any atom is 0.451 e. The minimum absolute atomic E-state index is 0.138. The summed E-state index contributed by atoms with van der Waals surface area (Å²) in [5, 5.41) is 15.6. The summed E-state index contributed by atoms with van der Waals surface area (Å²) < 4.78 is 39.0. The molecular formula is C10H13F3N6. The van der Waals surface area contributed by atoms with E-state index in [-0.39, 0.29) is 25.5 Å². The summed E-state index contributed by atoms with van der Waals surface area (Å²) in [6.45, 7) is 2.57. The van der Waals surface area contributed by atoms with Crippen LogP contribution in [0.2, 0.25) is 0 Å². The fourth-order valence-electron chi connectivity index (χ4n) is 2.05. The molecule has 0 spiro atoms. The van der Waals surface area contributed by atoms with Crippen LogP contribution in [0.1, 0.15) is 18.6 Å². The molecule has 0 aromatic carbocycles. The number of nitrogens with two attached hydrogens (primary N) is 1. The molecule has 1 aromatic rings. The first-order valence-electron chi connectivity index (χ1n) is 5.65. The summed E-state index contributed by atoms with van der Waals surface area (Å²) in [5.41, 5.74) is 4.68. The van der Waals surface area contributed by atoms with E-state index in [4.69, 9.17) is 11.0 Å². The Morgan fingerprint density at radius 2 is 2.05 bits per heavy atom. The second-order valence-corrected chi connectivity index (χ2v) is 4.83. The van der Waals surface area contributed by atoms with Crippen LogP contribution in [0.15, 0.2) is 0 Å². The van der Waals surface area contributed by atoms with Gasteiger partial charge < -0.3 is 10.3 Å². The van der Waals surface area contributed by atoms with Crippen molar-refractivity contribution in [1.82, 2.24) is 19.7 Å². The predicted octanol–water partition coefficient (Wildman–Crippen LogP) is 0.353. The van der Waals surface area contributed by atoms with E-state index in [1.54, 1.807) is 11.8 Å². The normalized spacial score (nSPS) is 19.6. The lowest BCUT2D eigenvalue weighted by Gasteiger charge is -2.31. The van der Waals surface area contributed by atoms with Crippen molar-refractivity contribution in [2.75, 3.05) is 13.1 Å². The van der Waals surface area contributed by atoms with E-state index < -0.39 is 17.5 Å². The van der Waals surface area contributed by atoms with Crippen LogP contribution in [0, 0.1) is 11.3 Å². The average molecular weight is 274 g/mol. The quantitative estimate of drug-likeness (QED) is 0.841. The lowest BCUT2D eigenvalue weighted by atomic mass is 10.1. The Labute approximate surface area is 107 Å². The minimum atomic E-state index is -4.50. The highest BCUT2D eigenvalue weighted by Gasteiger charge is 2.39. The van der Waals surface area contributed by atoms with E-state index in [1.807, 2.05) is 6.07 Å². The number of nitrogens with zero attached hydrogens (tertiary/aromatic N) is 5. The van der Waals surface area contributed by atoms with Crippen molar-refractivity contribution in [3.63, 3.8) is 0 Å². The average Bonchev–Trinajstić information content (AvgIpc) is 2.71. The molecule has 2 rings (SSSR count). The number of aromatic nitrogens is 3. The predicted molar refractivity (Wildman–Crippen MR) is 58.5 cm³/mol. The third-order valence-electron chi connectivity index (χ3n) is 2.89. The van der Waals surface area contributed by atoms with Crippen LogP contribution in [0.4, 0.5) is 13.2 Å². The van der Waals surface area contributed by atoms with Gasteiger partial charge in [0, 0.05) is 19.6 Å². The fraction of sp³-hybridized carbons (Fsp3) is 0.700. The van der Waals surface area contributed by atoms with Crippen molar-refractivity contribution in [3.05, 3.63) is 11.6 Å². The summed E-state index contributed by atoms with van der Waals surface area (Å²) in [6, 6.07) is 1.96. The smallest absolute Gasteiger partial charge is 0.313 e. The number of rotatable bonds is 2. The van der Waals surface area contributed by atoms with Crippen LogP contribution in [0.5, 0.6) is 0 Å². The molecule has 1 atom stereocenters. The monoisotopic (exact) mass is 274 g/mol. The number of halogens is 3. The lowest BCUT2D eigenvalue weighted by Crippen LogP contribution is -2.49. The Hall–Kier alpha value is -1.66. The van der Waals surface area contributed by atoms with E-state index in [0.29, 0.717) is 6.54 Å². The molecule has 104 valence electrons. The Kier molecular flexibility index (Phi) is 3.24. The van der Waals surface area contributed by atoms with Crippen LogP contribution in [-0.2, 0) is 19.3 Å². The second kappa shape index (κ2) is 4.47. The summed E-state index contributed by atoms with van der Waals surface area (Å²) in [5.74, 6) is -0.731. The topological polar surface area (TPSA) is 83.8 Å². The highest BCUT2D eigenvalue weighted by Crippen LogP contribution is 2.29. The molecule has 9 heteroatoms. The van der Waals surface area contributed by atoms with E-state index in [9.17, 15) is 13.2 Å². The van der Waals surface area contributed by atoms with Gasteiger partial charge in [0.25, 0.3) is 0 Å². The molecule has 2 N–H and O–H groups in total. The van der Waals surface area contributed by atoms with Gasteiger partial charge in [-0.15, -0.1) is 10.2 Å². The van der Waals surface area contributed by atoms with Crippen molar-refractivity contribution in [2.24, 2.45) is 5.73 Å². The summed E-state index contributed by atoms with van der Waals surface area (Å²) in [6.07, 6.45) is -4.50. The van der Waals surface area contributed by atoms with Crippen molar-refractivity contribution >= 4 is 0 Å². The van der Waals surface area contributed by atoms with E-state index in [0.717, 1.165) is 4.57 Å². The lowest BCUT2D eigenvalue weighted by molar-refractivity contribution is -0.148. The fourth-order valence-corrected chi connectivity index (χ4v) is 2.05. The molecule has 2 heterocycles. The minimum Gasteiger partial charge on any atom is -0.313 e. The van der Waals surface area contributed by atoms with Crippen molar-refractivity contribution in [2.45, 2.75) is 31.7 Å². The summed E-state index contributed by atoms with van der Waals surface area (Å²) >= 11 is 0. The van der Waals surface area contributed by atoms with Crippen LogP contribution >= 0.6 is 0 Å². The molecular weight excluding hydrogens is 261 g/mol. The van der Waals surface area contributed by atoms with Gasteiger partial charge in [-0.2, -0.15) is 18.4 Å². The Morgan fingerprint density at radius 3 is 2.63 bits per heavy atom. The van der Waals surface area contributed by atoms with Crippen LogP contribution < -0.4 is 5.73 Å². The SMILES string of the molecule is CC(N)(C#N)CN1CCn2c(nnc2C(F)(F)F)C1. The molecule has 6 nitrogen and oxygen atoms in total. The van der Waals surface area contributed by atoms with Gasteiger partial charge in [-0.1, -0.05) is 0 Å². The number of alkyl halides is 3. The second-order valence-electron chi connectivity index (χ2n) is 4.83. The van der Waals surface area contributed by atoms with Crippen LogP contribution in [0.25, 0.3) is 0 Å². The largest absolute Gasteiger partial charge is 0.451 e. The zero-order valence-corrected chi connectivity index (χ0v) is 10.3. The van der Waals surface area contributed by atoms with E-state index >= 15 is 0 Å². The maximum absolute atomic E-state index is 12.6. The van der Waals surface area contributed by atoms with Gasteiger partial charge in [-0.3, -0.25) is 4.90 Å². The molecule has 0 amide bonds. The van der Waals surface area contributed by atoms with Crippen molar-refractivity contribution in [1.29, 1.82) is 5.26 Å². The summed E-state index contributed by atoms with van der Waals surface area (Å²) in [4.78, 5) is 1.80. The molecule has 1 aliphatic rings. The molecule has 1 aromatic heterocycles.